The third kappa shape index (κ3) is 5.19. The summed E-state index contributed by atoms with van der Waals surface area (Å²) < 4.78 is 63.9. The predicted octanol–water partition coefficient (Wildman–Crippen LogP) is 2.93. The van der Waals surface area contributed by atoms with E-state index < -0.39 is 32.5 Å². The van der Waals surface area contributed by atoms with Gasteiger partial charge in [0.05, 0.1) is 32.1 Å². The molecule has 4 aromatic heterocycles. The molecule has 1 amide bonds. The fourth-order valence-electron chi connectivity index (χ4n) is 3.97. The van der Waals surface area contributed by atoms with Gasteiger partial charge in [-0.05, 0) is 30.3 Å². The van der Waals surface area contributed by atoms with Gasteiger partial charge in [0.1, 0.15) is 39.3 Å². The molecule has 0 aliphatic heterocycles. The van der Waals surface area contributed by atoms with E-state index in [0.717, 1.165) is 12.1 Å². The van der Waals surface area contributed by atoms with Gasteiger partial charge in [0.25, 0.3) is 15.9 Å². The molecule has 0 aliphatic carbocycles. The minimum atomic E-state index is -4.53. The van der Waals surface area contributed by atoms with Crippen LogP contribution in [0.4, 0.5) is 20.2 Å². The summed E-state index contributed by atoms with van der Waals surface area (Å²) in [7, 11) is -3.27. The number of pyridine rings is 2. The van der Waals surface area contributed by atoms with Gasteiger partial charge >= 0.3 is 0 Å². The molecule has 0 unspecified atom stereocenters. The second kappa shape index (κ2) is 10.7. The third-order valence-electron chi connectivity index (χ3n) is 5.71. The summed E-state index contributed by atoms with van der Waals surface area (Å²) in [6, 6.07) is 8.52. The second-order valence-corrected chi connectivity index (χ2v) is 10.0. The number of carbonyl (C=O) groups excluding carboxylic acids is 1. The summed E-state index contributed by atoms with van der Waals surface area (Å²) in [4.78, 5) is 21.4. The van der Waals surface area contributed by atoms with Crippen molar-refractivity contribution in [1.82, 2.24) is 24.1 Å². The quantitative estimate of drug-likeness (QED) is 0.245. The molecule has 206 valence electrons. The van der Waals surface area contributed by atoms with E-state index in [1.807, 2.05) is 0 Å². The first-order valence-corrected chi connectivity index (χ1v) is 13.1. The number of aromatic nitrogens is 5. The van der Waals surface area contributed by atoms with E-state index in [1.54, 1.807) is 35.0 Å². The molecular formula is C25H21F2N7O5S. The molecule has 12 nitrogen and oxygen atoms in total. The fraction of sp³-hybridized carbons (Fsp3) is 0.120. The molecule has 0 atom stereocenters. The van der Waals surface area contributed by atoms with E-state index in [2.05, 4.69) is 25.1 Å². The molecule has 1 aromatic carbocycles. The fourth-order valence-corrected chi connectivity index (χ4v) is 5.08. The van der Waals surface area contributed by atoms with Crippen LogP contribution in [0.3, 0.4) is 0 Å². The molecule has 0 saturated heterocycles. The molecule has 0 bridgehead atoms. The lowest BCUT2D eigenvalue weighted by Gasteiger charge is -2.13. The first kappa shape index (κ1) is 26.7. The van der Waals surface area contributed by atoms with Gasteiger partial charge in [0.15, 0.2) is 0 Å². The Bertz CT molecular complexity index is 1840. The van der Waals surface area contributed by atoms with Crippen molar-refractivity contribution < 1.29 is 31.8 Å². The molecule has 0 saturated carbocycles. The summed E-state index contributed by atoms with van der Waals surface area (Å²) >= 11 is 0. The average molecular weight is 570 g/mol. The van der Waals surface area contributed by atoms with Crippen LogP contribution in [0.1, 0.15) is 10.5 Å². The Balaban J connectivity index is 1.56. The molecular weight excluding hydrogens is 548 g/mol. The van der Waals surface area contributed by atoms with Gasteiger partial charge in [-0.15, -0.1) is 0 Å². The largest absolute Gasteiger partial charge is 0.480 e. The van der Waals surface area contributed by atoms with Crippen LogP contribution in [-0.4, -0.2) is 57.3 Å². The molecule has 5 rings (SSSR count). The Morgan fingerprint density at radius 1 is 1.15 bits per heavy atom. The molecule has 0 aliphatic rings. The number of hydrogen-bond donors (Lipinski definition) is 3. The van der Waals surface area contributed by atoms with Crippen LogP contribution in [0.25, 0.3) is 16.9 Å². The standard InChI is InChI=1S/C25H21F2N7O5S/c1-39-25-19(32-40(37,38)20-6-5-16(26)11-18(20)27)10-15(12-28-25)22-23(34-7-3-2-4-21(34)31-22)24(36)30-17-13-29-33(14-17)8-9-35/h2-7,10-14,32,35H,8-9H2,1H3,(H,30,36). The number of nitrogens with one attached hydrogen (secondary N) is 2. The number of amides is 1. The van der Waals surface area contributed by atoms with E-state index in [4.69, 9.17) is 9.84 Å². The lowest BCUT2D eigenvalue weighted by molar-refractivity contribution is 0.102. The minimum absolute atomic E-state index is 0.107. The van der Waals surface area contributed by atoms with Crippen LogP contribution in [0.2, 0.25) is 0 Å². The third-order valence-corrected chi connectivity index (χ3v) is 7.11. The number of imidazole rings is 1. The molecule has 40 heavy (non-hydrogen) atoms. The van der Waals surface area contributed by atoms with Gasteiger partial charge in [-0.25, -0.2) is 27.2 Å². The van der Waals surface area contributed by atoms with Crippen molar-refractivity contribution in [2.45, 2.75) is 11.4 Å². The Kier molecular flexibility index (Phi) is 7.15. The van der Waals surface area contributed by atoms with E-state index in [1.165, 1.54) is 30.3 Å². The Morgan fingerprint density at radius 2 is 1.98 bits per heavy atom. The topological polar surface area (TPSA) is 153 Å². The van der Waals surface area contributed by atoms with Crippen molar-refractivity contribution in [2.24, 2.45) is 0 Å². The number of aliphatic hydroxyl groups is 1. The Labute approximate surface area is 225 Å². The van der Waals surface area contributed by atoms with Crippen LogP contribution >= 0.6 is 0 Å². The predicted molar refractivity (Wildman–Crippen MR) is 139 cm³/mol. The van der Waals surface area contributed by atoms with Crippen LogP contribution in [-0.2, 0) is 16.6 Å². The molecule has 5 aromatic rings. The maximum absolute atomic E-state index is 14.3. The highest BCUT2D eigenvalue weighted by atomic mass is 32.2. The monoisotopic (exact) mass is 569 g/mol. The number of nitrogens with zero attached hydrogens (tertiary/aromatic N) is 5. The lowest BCUT2D eigenvalue weighted by Crippen LogP contribution is -2.16. The number of rotatable bonds is 9. The van der Waals surface area contributed by atoms with Crippen LogP contribution in [0.5, 0.6) is 5.88 Å². The smallest absolute Gasteiger partial charge is 0.275 e. The molecule has 15 heteroatoms. The number of sulfonamides is 1. The van der Waals surface area contributed by atoms with Gasteiger partial charge in [0, 0.05) is 30.2 Å². The number of ether oxygens (including phenoxy) is 1. The normalized spacial score (nSPS) is 11.5. The number of methoxy groups -OCH3 is 1. The summed E-state index contributed by atoms with van der Waals surface area (Å²) in [5.74, 6) is -2.90. The zero-order valence-corrected chi connectivity index (χ0v) is 21.6. The van der Waals surface area contributed by atoms with E-state index in [0.29, 0.717) is 17.4 Å². The van der Waals surface area contributed by atoms with Gasteiger partial charge in [-0.2, -0.15) is 5.10 Å². The first-order chi connectivity index (χ1) is 19.2. The summed E-state index contributed by atoms with van der Waals surface area (Å²) in [6.45, 7) is 0.117. The zero-order chi connectivity index (χ0) is 28.4. The van der Waals surface area contributed by atoms with E-state index in [-0.39, 0.29) is 41.7 Å². The van der Waals surface area contributed by atoms with Crippen LogP contribution in [0, 0.1) is 11.6 Å². The number of hydrogen-bond acceptors (Lipinski definition) is 8. The molecule has 0 radical (unpaired) electrons. The van der Waals surface area contributed by atoms with Crippen molar-refractivity contribution >= 4 is 33.0 Å². The first-order valence-electron chi connectivity index (χ1n) is 11.6. The highest BCUT2D eigenvalue weighted by Crippen LogP contribution is 2.32. The number of carbonyl (C=O) groups is 1. The van der Waals surface area contributed by atoms with Gasteiger partial charge in [-0.1, -0.05) is 6.07 Å². The van der Waals surface area contributed by atoms with Crippen LogP contribution in [0.15, 0.2) is 72.1 Å². The maximum atomic E-state index is 14.3. The Hall–Kier alpha value is -4.89. The second-order valence-electron chi connectivity index (χ2n) is 8.37. The van der Waals surface area contributed by atoms with Gasteiger partial charge in [0.2, 0.25) is 5.88 Å². The van der Waals surface area contributed by atoms with Crippen LogP contribution < -0.4 is 14.8 Å². The van der Waals surface area contributed by atoms with Crippen molar-refractivity contribution in [3.05, 3.63) is 84.6 Å². The average Bonchev–Trinajstić information content (AvgIpc) is 3.52. The number of aliphatic hydroxyl groups excluding tert-OH is 1. The van der Waals surface area contributed by atoms with E-state index in [9.17, 15) is 22.0 Å². The molecule has 3 N–H and O–H groups in total. The van der Waals surface area contributed by atoms with Crippen molar-refractivity contribution in [3.8, 4) is 17.1 Å². The van der Waals surface area contributed by atoms with Crippen molar-refractivity contribution in [2.75, 3.05) is 23.8 Å². The highest BCUT2D eigenvalue weighted by molar-refractivity contribution is 7.92. The van der Waals surface area contributed by atoms with Crippen molar-refractivity contribution in [1.29, 1.82) is 0 Å². The Morgan fingerprint density at radius 3 is 2.73 bits per heavy atom. The SMILES string of the molecule is COc1ncc(-c2nc3ccccn3c2C(=O)Nc2cnn(CCO)c2)cc1NS(=O)(=O)c1ccc(F)cc1F. The number of halogens is 2. The lowest BCUT2D eigenvalue weighted by atomic mass is 10.1. The summed E-state index contributed by atoms with van der Waals surface area (Å²) in [6.07, 6.45) is 5.95. The number of anilines is 2. The molecule has 4 heterocycles. The van der Waals surface area contributed by atoms with Gasteiger partial charge < -0.3 is 15.2 Å². The summed E-state index contributed by atoms with van der Waals surface area (Å²) in [5, 5.41) is 15.9. The number of benzene rings is 1. The van der Waals surface area contributed by atoms with Crippen molar-refractivity contribution in [3.63, 3.8) is 0 Å². The number of fused-ring (bicyclic) bond motifs is 1. The van der Waals surface area contributed by atoms with Gasteiger partial charge in [-0.3, -0.25) is 18.6 Å². The minimum Gasteiger partial charge on any atom is -0.480 e. The zero-order valence-electron chi connectivity index (χ0n) is 20.7. The molecule has 0 spiro atoms. The highest BCUT2D eigenvalue weighted by Gasteiger charge is 2.25. The summed E-state index contributed by atoms with van der Waals surface area (Å²) in [5.41, 5.74) is 1.13. The molecule has 0 fully saturated rings. The maximum Gasteiger partial charge on any atom is 0.275 e. The van der Waals surface area contributed by atoms with E-state index >= 15 is 0 Å².